The predicted molar refractivity (Wildman–Crippen MR) is 111 cm³/mol. The summed E-state index contributed by atoms with van der Waals surface area (Å²) in [6.45, 7) is 3.85. The maximum Gasteiger partial charge on any atom is 0.234 e. The van der Waals surface area contributed by atoms with E-state index < -0.39 is 21.8 Å². The Balaban J connectivity index is 1.59. The van der Waals surface area contributed by atoms with E-state index in [-0.39, 0.29) is 25.3 Å². The molecule has 2 aliphatic heterocycles. The highest BCUT2D eigenvalue weighted by Gasteiger charge is 2.31. The van der Waals surface area contributed by atoms with Crippen molar-refractivity contribution in [3.8, 4) is 11.8 Å². The smallest absolute Gasteiger partial charge is 0.234 e. The highest BCUT2D eigenvalue weighted by atomic mass is 32.2. The van der Waals surface area contributed by atoms with Crippen LogP contribution in [0.1, 0.15) is 12.8 Å². The first-order valence-electron chi connectivity index (χ1n) is 10.0. The van der Waals surface area contributed by atoms with Crippen LogP contribution in [0.25, 0.3) is 0 Å². The molecule has 1 unspecified atom stereocenters. The number of rotatable bonds is 7. The van der Waals surface area contributed by atoms with Gasteiger partial charge in [0.05, 0.1) is 12.3 Å². The molecule has 0 aromatic heterocycles. The molecule has 1 aromatic carbocycles. The van der Waals surface area contributed by atoms with Gasteiger partial charge >= 0.3 is 0 Å². The second-order valence-electron chi connectivity index (χ2n) is 7.45. The van der Waals surface area contributed by atoms with E-state index in [0.717, 1.165) is 31.6 Å². The third-order valence-corrected chi connectivity index (χ3v) is 7.28. The topological polar surface area (TPSA) is 84.4 Å². The van der Waals surface area contributed by atoms with E-state index >= 15 is 0 Å². The molecule has 2 saturated heterocycles. The molecule has 10 heteroatoms. The number of likely N-dealkylation sites (tertiary alicyclic amines) is 1. The summed E-state index contributed by atoms with van der Waals surface area (Å²) in [6.07, 6.45) is 2.41. The van der Waals surface area contributed by atoms with Crippen molar-refractivity contribution in [2.24, 2.45) is 0 Å². The number of anilines is 1. The molecular formula is C20H27FN4O4S. The Morgan fingerprint density at radius 3 is 2.33 bits per heavy atom. The molecule has 2 aliphatic rings. The number of nitrogens with zero attached hydrogens (tertiary/aromatic N) is 4. The number of carbonyl (C=O) groups is 1. The Bertz CT molecular complexity index is 870. The largest absolute Gasteiger partial charge is 0.369 e. The molecular weight excluding hydrogens is 411 g/mol. The van der Waals surface area contributed by atoms with Gasteiger partial charge in [0.2, 0.25) is 16.4 Å². The molecule has 0 saturated carbocycles. The summed E-state index contributed by atoms with van der Waals surface area (Å²) in [7, 11) is -3.73. The molecule has 2 fully saturated rings. The predicted octanol–water partition coefficient (Wildman–Crippen LogP) is 0.593. The van der Waals surface area contributed by atoms with Gasteiger partial charge in [-0.25, -0.2) is 17.9 Å². The summed E-state index contributed by atoms with van der Waals surface area (Å²) in [5.41, 5.74) is 0.835. The quantitative estimate of drug-likeness (QED) is 0.290. The lowest BCUT2D eigenvalue weighted by molar-refractivity contribution is -0.153. The van der Waals surface area contributed by atoms with E-state index in [4.69, 9.17) is 0 Å². The van der Waals surface area contributed by atoms with Crippen LogP contribution in [0.2, 0.25) is 0 Å². The van der Waals surface area contributed by atoms with Crippen LogP contribution in [0.3, 0.4) is 0 Å². The van der Waals surface area contributed by atoms with Crippen molar-refractivity contribution in [1.82, 2.24) is 14.3 Å². The van der Waals surface area contributed by atoms with Crippen molar-refractivity contribution in [2.75, 3.05) is 56.5 Å². The Morgan fingerprint density at radius 1 is 1.10 bits per heavy atom. The second-order valence-corrected chi connectivity index (χ2v) is 9.46. The molecule has 0 radical (unpaired) electrons. The van der Waals surface area contributed by atoms with E-state index in [9.17, 15) is 22.8 Å². The van der Waals surface area contributed by atoms with E-state index in [1.54, 1.807) is 12.1 Å². The Kier molecular flexibility index (Phi) is 7.66. The van der Waals surface area contributed by atoms with Crippen LogP contribution >= 0.6 is 0 Å². The van der Waals surface area contributed by atoms with E-state index in [1.807, 2.05) is 4.90 Å². The number of sulfonamides is 1. The number of carbonyl (C=O) groups excluding carboxylic acids is 1. The lowest BCUT2D eigenvalue weighted by Crippen LogP contribution is -2.51. The van der Waals surface area contributed by atoms with E-state index in [1.165, 1.54) is 16.4 Å². The molecule has 164 valence electrons. The van der Waals surface area contributed by atoms with Crippen LogP contribution in [0.15, 0.2) is 24.3 Å². The average molecular weight is 439 g/mol. The van der Waals surface area contributed by atoms with Crippen LogP contribution in [0.5, 0.6) is 0 Å². The highest BCUT2D eigenvalue weighted by molar-refractivity contribution is 7.89. The third kappa shape index (κ3) is 5.92. The molecule has 1 atom stereocenters. The van der Waals surface area contributed by atoms with Crippen LogP contribution in [0, 0.1) is 17.7 Å². The molecule has 2 heterocycles. The molecule has 1 amide bonds. The number of halogens is 1. The molecule has 1 aromatic rings. The molecule has 0 bridgehead atoms. The van der Waals surface area contributed by atoms with Gasteiger partial charge in [-0.15, -0.1) is 0 Å². The average Bonchev–Trinajstić information content (AvgIpc) is 3.26. The number of amides is 1. The van der Waals surface area contributed by atoms with E-state index in [2.05, 4.69) is 16.7 Å². The first kappa shape index (κ1) is 22.5. The van der Waals surface area contributed by atoms with Crippen molar-refractivity contribution >= 4 is 22.1 Å². The molecule has 8 nitrogen and oxygen atoms in total. The van der Waals surface area contributed by atoms with Gasteiger partial charge in [-0.05, 0) is 50.2 Å². The standard InChI is InChI=1S/C20H27FN4O4S/c21-18-5-7-19(8-6-18)23-12-14-24(15-13-23)30(28,29)16-20(25(27)17-26)4-3-11-22-9-1-2-10-22/h5-8,17,20,27H,1-2,9-16H2. The van der Waals surface area contributed by atoms with Gasteiger partial charge in [0.1, 0.15) is 11.9 Å². The minimum Gasteiger partial charge on any atom is -0.369 e. The van der Waals surface area contributed by atoms with Gasteiger partial charge < -0.3 is 4.90 Å². The number of benzene rings is 1. The van der Waals surface area contributed by atoms with Crippen molar-refractivity contribution in [3.63, 3.8) is 0 Å². The summed E-state index contributed by atoms with van der Waals surface area (Å²) in [4.78, 5) is 15.1. The lowest BCUT2D eigenvalue weighted by Gasteiger charge is -2.36. The van der Waals surface area contributed by atoms with Gasteiger partial charge in [0, 0.05) is 31.9 Å². The first-order valence-corrected chi connectivity index (χ1v) is 11.6. The van der Waals surface area contributed by atoms with Crippen molar-refractivity contribution in [1.29, 1.82) is 0 Å². The van der Waals surface area contributed by atoms with Crippen molar-refractivity contribution in [3.05, 3.63) is 30.1 Å². The minimum atomic E-state index is -3.73. The van der Waals surface area contributed by atoms with Crippen LogP contribution in [0.4, 0.5) is 10.1 Å². The zero-order chi connectivity index (χ0) is 21.6. The van der Waals surface area contributed by atoms with Gasteiger partial charge in [-0.2, -0.15) is 4.31 Å². The van der Waals surface area contributed by atoms with Crippen molar-refractivity contribution in [2.45, 2.75) is 18.9 Å². The monoisotopic (exact) mass is 438 g/mol. The Hall–Kier alpha value is -2.19. The van der Waals surface area contributed by atoms with E-state index in [0.29, 0.717) is 24.7 Å². The molecule has 3 rings (SSSR count). The fourth-order valence-electron chi connectivity index (χ4n) is 3.65. The molecule has 1 N–H and O–H groups in total. The SMILES string of the molecule is O=CN(O)C(C#CCN1CCCC1)CS(=O)(=O)N1CCN(c2ccc(F)cc2)CC1. The minimum absolute atomic E-state index is 0.178. The number of hydrogen-bond acceptors (Lipinski definition) is 6. The van der Waals surface area contributed by atoms with Gasteiger partial charge in [0.25, 0.3) is 0 Å². The number of hydroxylamine groups is 2. The van der Waals surface area contributed by atoms with Crippen LogP contribution in [-0.2, 0) is 14.8 Å². The molecule has 30 heavy (non-hydrogen) atoms. The lowest BCUT2D eigenvalue weighted by atomic mass is 10.2. The summed E-state index contributed by atoms with van der Waals surface area (Å²) >= 11 is 0. The van der Waals surface area contributed by atoms with Gasteiger partial charge in [0.15, 0.2) is 0 Å². The maximum absolute atomic E-state index is 13.1. The third-order valence-electron chi connectivity index (χ3n) is 5.39. The summed E-state index contributed by atoms with van der Waals surface area (Å²) < 4.78 is 40.1. The fourth-order valence-corrected chi connectivity index (χ4v) is 5.22. The summed E-state index contributed by atoms with van der Waals surface area (Å²) in [5.74, 6) is 4.84. The first-order chi connectivity index (χ1) is 14.4. The highest BCUT2D eigenvalue weighted by Crippen LogP contribution is 2.19. The summed E-state index contributed by atoms with van der Waals surface area (Å²) in [5, 5.41) is 10.1. The van der Waals surface area contributed by atoms with Gasteiger partial charge in [-0.1, -0.05) is 11.8 Å². The zero-order valence-corrected chi connectivity index (χ0v) is 17.6. The number of piperazine rings is 1. The Morgan fingerprint density at radius 2 is 1.73 bits per heavy atom. The fraction of sp³-hybridized carbons (Fsp3) is 0.550. The number of hydrogen-bond donors (Lipinski definition) is 1. The maximum atomic E-state index is 13.1. The summed E-state index contributed by atoms with van der Waals surface area (Å²) in [6, 6.07) is 4.96. The molecule has 0 spiro atoms. The van der Waals surface area contributed by atoms with Gasteiger partial charge in [-0.3, -0.25) is 14.9 Å². The normalized spacial score (nSPS) is 19.2. The second kappa shape index (κ2) is 10.2. The van der Waals surface area contributed by atoms with Crippen LogP contribution < -0.4 is 4.90 Å². The van der Waals surface area contributed by atoms with Crippen LogP contribution in [-0.4, -0.2) is 91.9 Å². The Labute approximate surface area is 176 Å². The van der Waals surface area contributed by atoms with Crippen molar-refractivity contribution < 1.29 is 22.8 Å². The molecule has 0 aliphatic carbocycles. The zero-order valence-electron chi connectivity index (χ0n) is 16.8.